The predicted octanol–water partition coefficient (Wildman–Crippen LogP) is 1.49. The molecule has 0 spiro atoms. The van der Waals surface area contributed by atoms with Gasteiger partial charge in [-0.2, -0.15) is 5.10 Å². The molecule has 0 fully saturated rings. The van der Waals surface area contributed by atoms with Gasteiger partial charge in [-0.3, -0.25) is 9.59 Å². The summed E-state index contributed by atoms with van der Waals surface area (Å²) in [5.41, 5.74) is 0.0673. The van der Waals surface area contributed by atoms with Gasteiger partial charge >= 0.3 is 5.97 Å². The molecule has 0 unspecified atom stereocenters. The summed E-state index contributed by atoms with van der Waals surface area (Å²) < 4.78 is 1.45. The molecule has 0 saturated carbocycles. The lowest BCUT2D eigenvalue weighted by Crippen LogP contribution is -2.23. The number of carbonyl (C=O) groups excluding carboxylic acids is 1. The van der Waals surface area contributed by atoms with Crippen LogP contribution in [0.3, 0.4) is 0 Å². The van der Waals surface area contributed by atoms with Crippen LogP contribution in [0.5, 0.6) is 0 Å². The lowest BCUT2D eigenvalue weighted by Gasteiger charge is -2.07. The molecule has 0 radical (unpaired) electrons. The average molecular weight is 352 g/mol. The molecule has 1 aromatic heterocycles. The quantitative estimate of drug-likeness (QED) is 0.872. The van der Waals surface area contributed by atoms with Gasteiger partial charge in [0, 0.05) is 23.3 Å². The highest BCUT2D eigenvalue weighted by atomic mass is 79.9. The number of halogens is 1. The maximum absolute atomic E-state index is 12.0. The largest absolute Gasteiger partial charge is 0.478 e. The number of carboxylic acid groups (broad SMARTS) is 1. The lowest BCUT2D eigenvalue weighted by atomic mass is 10.2. The van der Waals surface area contributed by atoms with E-state index in [2.05, 4.69) is 26.3 Å². The molecule has 1 aromatic carbocycles. The minimum Gasteiger partial charge on any atom is -0.478 e. The summed E-state index contributed by atoms with van der Waals surface area (Å²) in [5.74, 6) is -1.65. The molecule has 1 heterocycles. The molecule has 0 atom stereocenters. The first-order chi connectivity index (χ1) is 9.88. The maximum atomic E-state index is 12.0. The van der Waals surface area contributed by atoms with Gasteiger partial charge in [-0.15, -0.1) is 0 Å². The van der Waals surface area contributed by atoms with Crippen LogP contribution < -0.4 is 10.9 Å². The molecule has 0 aliphatic heterocycles. The van der Waals surface area contributed by atoms with Gasteiger partial charge < -0.3 is 10.4 Å². The number of benzene rings is 1. The first kappa shape index (κ1) is 14.9. The fourth-order valence-corrected chi connectivity index (χ4v) is 2.00. The highest BCUT2D eigenvalue weighted by Crippen LogP contribution is 2.21. The van der Waals surface area contributed by atoms with Crippen LogP contribution in [0.25, 0.3) is 0 Å². The van der Waals surface area contributed by atoms with E-state index in [0.29, 0.717) is 10.2 Å². The van der Waals surface area contributed by atoms with Crippen molar-refractivity contribution in [3.05, 3.63) is 56.4 Å². The van der Waals surface area contributed by atoms with Crippen LogP contribution in [-0.4, -0.2) is 26.8 Å². The minimum atomic E-state index is -1.11. The van der Waals surface area contributed by atoms with E-state index in [0.717, 1.165) is 4.68 Å². The third kappa shape index (κ3) is 3.34. The third-order valence-electron chi connectivity index (χ3n) is 2.65. The Hall–Kier alpha value is -2.48. The second kappa shape index (κ2) is 5.88. The van der Waals surface area contributed by atoms with Gasteiger partial charge in [0.05, 0.1) is 5.56 Å². The monoisotopic (exact) mass is 351 g/mol. The van der Waals surface area contributed by atoms with Crippen molar-refractivity contribution < 1.29 is 14.7 Å². The Kier molecular flexibility index (Phi) is 4.18. The third-order valence-corrected chi connectivity index (χ3v) is 3.34. The highest BCUT2D eigenvalue weighted by molar-refractivity contribution is 9.10. The van der Waals surface area contributed by atoms with Crippen molar-refractivity contribution in [3.63, 3.8) is 0 Å². The lowest BCUT2D eigenvalue weighted by molar-refractivity contribution is 0.0695. The van der Waals surface area contributed by atoms with Crippen molar-refractivity contribution >= 4 is 33.5 Å². The molecular formula is C13H10BrN3O4. The van der Waals surface area contributed by atoms with Gasteiger partial charge in [0.25, 0.3) is 11.5 Å². The van der Waals surface area contributed by atoms with Crippen LogP contribution in [-0.2, 0) is 7.05 Å². The first-order valence-electron chi connectivity index (χ1n) is 5.77. The fraction of sp³-hybridized carbons (Fsp3) is 0.0769. The van der Waals surface area contributed by atoms with Gasteiger partial charge in [-0.1, -0.05) is 0 Å². The van der Waals surface area contributed by atoms with E-state index in [4.69, 9.17) is 5.11 Å². The summed E-state index contributed by atoms with van der Waals surface area (Å²) in [4.78, 5) is 34.2. The number of amides is 1. The minimum absolute atomic E-state index is 0.0289. The van der Waals surface area contributed by atoms with E-state index >= 15 is 0 Å². The Bertz CT molecular complexity index is 785. The second-order valence-corrected chi connectivity index (χ2v) is 4.99. The second-order valence-electron chi connectivity index (χ2n) is 4.13. The van der Waals surface area contributed by atoms with Gasteiger partial charge in [-0.25, -0.2) is 9.48 Å². The van der Waals surface area contributed by atoms with Gasteiger partial charge in [0.15, 0.2) is 0 Å². The number of carboxylic acids is 1. The van der Waals surface area contributed by atoms with E-state index in [-0.39, 0.29) is 16.8 Å². The van der Waals surface area contributed by atoms with E-state index in [9.17, 15) is 14.4 Å². The van der Waals surface area contributed by atoms with Crippen molar-refractivity contribution in [3.8, 4) is 0 Å². The molecule has 21 heavy (non-hydrogen) atoms. The summed E-state index contributed by atoms with van der Waals surface area (Å²) in [7, 11) is 1.43. The zero-order chi connectivity index (χ0) is 15.6. The summed E-state index contributed by atoms with van der Waals surface area (Å²) in [6.07, 6.45) is 0. The van der Waals surface area contributed by atoms with Gasteiger partial charge in [0.1, 0.15) is 5.69 Å². The number of aromatic carboxylic acids is 1. The Morgan fingerprint density at radius 3 is 2.62 bits per heavy atom. The van der Waals surface area contributed by atoms with Gasteiger partial charge in [-0.05, 0) is 40.2 Å². The smallest absolute Gasteiger partial charge is 0.336 e. The van der Waals surface area contributed by atoms with Crippen LogP contribution in [0.15, 0.2) is 39.6 Å². The highest BCUT2D eigenvalue weighted by Gasteiger charge is 2.12. The molecule has 0 bridgehead atoms. The molecular weight excluding hydrogens is 342 g/mol. The van der Waals surface area contributed by atoms with E-state index < -0.39 is 11.9 Å². The molecule has 108 valence electrons. The number of nitrogens with zero attached hydrogens (tertiary/aromatic N) is 2. The summed E-state index contributed by atoms with van der Waals surface area (Å²) in [6, 6.07) is 6.93. The van der Waals surface area contributed by atoms with Crippen molar-refractivity contribution in [2.45, 2.75) is 0 Å². The standard InChI is InChI=1S/C13H10BrN3O4/c1-17-11(18)5-4-10(16-17)12(19)15-7-2-3-9(14)8(6-7)13(20)21/h2-6H,1H3,(H,15,19)(H,20,21). The van der Waals surface area contributed by atoms with Crippen molar-refractivity contribution in [2.75, 3.05) is 5.32 Å². The summed E-state index contributed by atoms with van der Waals surface area (Å²) in [5, 5.41) is 15.4. The molecule has 2 aromatic rings. The van der Waals surface area contributed by atoms with E-state index in [1.165, 1.54) is 31.3 Å². The van der Waals surface area contributed by atoms with Crippen LogP contribution in [0.4, 0.5) is 5.69 Å². The molecule has 0 aliphatic carbocycles. The van der Waals surface area contributed by atoms with Crippen LogP contribution in [0, 0.1) is 0 Å². The SMILES string of the molecule is Cn1nc(C(=O)Nc2ccc(Br)c(C(=O)O)c2)ccc1=O. The number of anilines is 1. The number of nitrogens with one attached hydrogen (secondary N) is 1. The molecule has 7 nitrogen and oxygen atoms in total. The number of aryl methyl sites for hydroxylation is 1. The Morgan fingerprint density at radius 1 is 1.29 bits per heavy atom. The molecule has 0 aliphatic rings. The van der Waals surface area contributed by atoms with E-state index in [1.807, 2.05) is 0 Å². The summed E-state index contributed by atoms with van der Waals surface area (Å²) >= 11 is 3.12. The summed E-state index contributed by atoms with van der Waals surface area (Å²) in [6.45, 7) is 0. The molecule has 0 saturated heterocycles. The van der Waals surface area contributed by atoms with Crippen LogP contribution in [0.2, 0.25) is 0 Å². The van der Waals surface area contributed by atoms with Crippen LogP contribution in [0.1, 0.15) is 20.8 Å². The number of carbonyl (C=O) groups is 2. The fourth-order valence-electron chi connectivity index (χ4n) is 1.59. The predicted molar refractivity (Wildman–Crippen MR) is 78.5 cm³/mol. The Morgan fingerprint density at radius 2 is 2.00 bits per heavy atom. The molecule has 8 heteroatoms. The normalized spacial score (nSPS) is 10.2. The maximum Gasteiger partial charge on any atom is 0.336 e. The number of rotatable bonds is 3. The van der Waals surface area contributed by atoms with Crippen molar-refractivity contribution in [1.29, 1.82) is 0 Å². The Balaban J connectivity index is 2.27. The first-order valence-corrected chi connectivity index (χ1v) is 6.56. The number of aromatic nitrogens is 2. The number of hydrogen-bond acceptors (Lipinski definition) is 4. The molecule has 1 amide bonds. The molecule has 2 N–H and O–H groups in total. The molecule has 2 rings (SSSR count). The zero-order valence-corrected chi connectivity index (χ0v) is 12.4. The van der Waals surface area contributed by atoms with Crippen LogP contribution >= 0.6 is 15.9 Å². The zero-order valence-electron chi connectivity index (χ0n) is 10.8. The van der Waals surface area contributed by atoms with E-state index in [1.54, 1.807) is 6.07 Å². The average Bonchev–Trinajstić information content (AvgIpc) is 2.43. The van der Waals surface area contributed by atoms with Crippen molar-refractivity contribution in [2.24, 2.45) is 7.05 Å². The Labute approximate surface area is 127 Å². The van der Waals surface area contributed by atoms with Gasteiger partial charge in [0.2, 0.25) is 0 Å². The van der Waals surface area contributed by atoms with Crippen molar-refractivity contribution in [1.82, 2.24) is 9.78 Å². The topological polar surface area (TPSA) is 101 Å². The number of hydrogen-bond donors (Lipinski definition) is 2.